The Balaban J connectivity index is 0.00000420. The Bertz CT molecular complexity index is 733. The van der Waals surface area contributed by atoms with Crippen molar-refractivity contribution in [2.45, 2.75) is 33.2 Å². The van der Waals surface area contributed by atoms with Crippen LogP contribution in [-0.4, -0.2) is 54.1 Å². The first-order valence-electron chi connectivity index (χ1n) is 9.71. The summed E-state index contributed by atoms with van der Waals surface area (Å²) in [5.74, 6) is 3.35. The van der Waals surface area contributed by atoms with Gasteiger partial charge in [-0.2, -0.15) is 0 Å². The normalized spacial score (nSPS) is 11.1. The lowest BCUT2D eigenvalue weighted by Gasteiger charge is -2.13. The van der Waals surface area contributed by atoms with Gasteiger partial charge in [0.1, 0.15) is 18.1 Å². The molecule has 162 valence electrons. The lowest BCUT2D eigenvalue weighted by Crippen LogP contribution is -2.39. The Morgan fingerprint density at radius 3 is 2.48 bits per heavy atom. The van der Waals surface area contributed by atoms with Crippen molar-refractivity contribution in [1.29, 1.82) is 0 Å². The number of halogens is 1. The number of hydrogen-bond acceptors (Lipinski definition) is 5. The van der Waals surface area contributed by atoms with Gasteiger partial charge in [-0.05, 0) is 44.4 Å². The minimum absolute atomic E-state index is 0. The van der Waals surface area contributed by atoms with E-state index >= 15 is 0 Å². The van der Waals surface area contributed by atoms with Crippen molar-refractivity contribution in [3.63, 3.8) is 0 Å². The fourth-order valence-electron chi connectivity index (χ4n) is 2.56. The second-order valence-corrected chi connectivity index (χ2v) is 6.39. The predicted molar refractivity (Wildman–Crippen MR) is 126 cm³/mol. The van der Waals surface area contributed by atoms with Gasteiger partial charge in [0.15, 0.2) is 11.8 Å². The molecule has 0 aliphatic rings. The maximum absolute atomic E-state index is 5.39. The van der Waals surface area contributed by atoms with Crippen LogP contribution in [0.15, 0.2) is 29.3 Å². The van der Waals surface area contributed by atoms with Crippen LogP contribution < -0.4 is 15.4 Å². The second kappa shape index (κ2) is 14.2. The van der Waals surface area contributed by atoms with E-state index in [9.17, 15) is 0 Å². The fraction of sp³-hybridized carbons (Fsp3) is 0.550. The van der Waals surface area contributed by atoms with E-state index in [0.29, 0.717) is 6.54 Å². The van der Waals surface area contributed by atoms with Crippen LogP contribution in [0, 0.1) is 6.92 Å². The van der Waals surface area contributed by atoms with E-state index in [-0.39, 0.29) is 24.0 Å². The molecule has 1 aromatic heterocycles. The third kappa shape index (κ3) is 8.99. The fourth-order valence-corrected chi connectivity index (χ4v) is 2.56. The molecule has 0 aliphatic heterocycles. The van der Waals surface area contributed by atoms with E-state index in [2.05, 4.69) is 38.0 Å². The van der Waals surface area contributed by atoms with Crippen molar-refractivity contribution >= 4 is 29.9 Å². The smallest absolute Gasteiger partial charge is 0.191 e. The van der Waals surface area contributed by atoms with Crippen LogP contribution in [0.25, 0.3) is 0 Å². The van der Waals surface area contributed by atoms with Crippen LogP contribution in [0.5, 0.6) is 5.75 Å². The average molecular weight is 516 g/mol. The number of nitrogens with zero attached hydrogens (tertiary/aromatic N) is 4. The molecule has 0 bridgehead atoms. The van der Waals surface area contributed by atoms with Crippen LogP contribution in [0.2, 0.25) is 0 Å². The molecule has 0 spiro atoms. The van der Waals surface area contributed by atoms with Crippen LogP contribution in [0.1, 0.15) is 30.6 Å². The monoisotopic (exact) mass is 516 g/mol. The lowest BCUT2D eigenvalue weighted by molar-refractivity contribution is 0.145. The highest BCUT2D eigenvalue weighted by atomic mass is 127. The number of aromatic nitrogens is 3. The number of aliphatic imine (C=N–C) groups is 1. The molecule has 0 radical (unpaired) electrons. The molecule has 1 aromatic carbocycles. The molecule has 0 saturated heterocycles. The molecule has 0 saturated carbocycles. The third-order valence-electron chi connectivity index (χ3n) is 4.39. The summed E-state index contributed by atoms with van der Waals surface area (Å²) >= 11 is 0. The highest BCUT2D eigenvalue weighted by Crippen LogP contribution is 2.11. The van der Waals surface area contributed by atoms with E-state index in [4.69, 9.17) is 9.47 Å². The quantitative estimate of drug-likeness (QED) is 0.207. The number of hydrogen-bond donors (Lipinski definition) is 2. The van der Waals surface area contributed by atoms with Crippen molar-refractivity contribution in [3.8, 4) is 5.75 Å². The molecule has 2 N–H and O–H groups in total. The molecule has 2 rings (SSSR count). The summed E-state index contributed by atoms with van der Waals surface area (Å²) in [7, 11) is 3.63. The first-order chi connectivity index (χ1) is 13.6. The molecule has 0 amide bonds. The van der Waals surface area contributed by atoms with Gasteiger partial charge in [-0.25, -0.2) is 4.99 Å². The summed E-state index contributed by atoms with van der Waals surface area (Å²) in [6.45, 7) is 7.47. The minimum atomic E-state index is 0. The van der Waals surface area contributed by atoms with Gasteiger partial charge in [0.05, 0.1) is 7.11 Å². The van der Waals surface area contributed by atoms with Crippen LogP contribution in [0.3, 0.4) is 0 Å². The van der Waals surface area contributed by atoms with E-state index in [1.54, 1.807) is 7.11 Å². The molecule has 0 fully saturated rings. The summed E-state index contributed by atoms with van der Waals surface area (Å²) in [6.07, 6.45) is 1.82. The largest absolute Gasteiger partial charge is 0.497 e. The number of guanidine groups is 1. The summed E-state index contributed by atoms with van der Waals surface area (Å²) in [5.41, 5.74) is 1.24. The zero-order valence-corrected chi connectivity index (χ0v) is 20.1. The Kier molecular flexibility index (Phi) is 12.3. The lowest BCUT2D eigenvalue weighted by atomic mass is 10.1. The van der Waals surface area contributed by atoms with Crippen molar-refractivity contribution < 1.29 is 9.47 Å². The van der Waals surface area contributed by atoms with Crippen molar-refractivity contribution in [2.75, 3.05) is 33.4 Å². The van der Waals surface area contributed by atoms with E-state index in [1.165, 1.54) is 5.56 Å². The first kappa shape index (κ1) is 25.2. The topological polar surface area (TPSA) is 85.6 Å². The maximum atomic E-state index is 5.39. The Labute approximate surface area is 190 Å². The molecule has 0 unspecified atom stereocenters. The predicted octanol–water partition coefficient (Wildman–Crippen LogP) is 2.45. The zero-order chi connectivity index (χ0) is 20.2. The highest BCUT2D eigenvalue weighted by Gasteiger charge is 2.05. The summed E-state index contributed by atoms with van der Waals surface area (Å²) in [6, 6.07) is 8.11. The standard InChI is InChI=1S/C20H32N6O2.HI/c1-5-28-14-6-12-21-20(23-15-19-25-24-16(2)26(19)3)22-13-11-17-7-9-18(27-4)10-8-17;/h7-10H,5-6,11-15H2,1-4H3,(H2,21,22,23);1H. The van der Waals surface area contributed by atoms with Crippen molar-refractivity contribution in [2.24, 2.45) is 12.0 Å². The van der Waals surface area contributed by atoms with Gasteiger partial charge in [0.25, 0.3) is 0 Å². The van der Waals surface area contributed by atoms with Crippen LogP contribution >= 0.6 is 24.0 Å². The van der Waals surface area contributed by atoms with Gasteiger partial charge >= 0.3 is 0 Å². The SMILES string of the molecule is CCOCCCNC(=NCc1nnc(C)n1C)NCCc1ccc(OC)cc1.I. The van der Waals surface area contributed by atoms with Crippen molar-refractivity contribution in [3.05, 3.63) is 41.5 Å². The van der Waals surface area contributed by atoms with Crippen molar-refractivity contribution in [1.82, 2.24) is 25.4 Å². The van der Waals surface area contributed by atoms with Gasteiger partial charge in [0, 0.05) is 33.4 Å². The number of rotatable bonds is 11. The molecule has 8 nitrogen and oxygen atoms in total. The van der Waals surface area contributed by atoms with E-state index in [1.807, 2.05) is 37.6 Å². The molecule has 9 heteroatoms. The number of benzene rings is 1. The Morgan fingerprint density at radius 2 is 1.86 bits per heavy atom. The number of nitrogens with one attached hydrogen (secondary N) is 2. The van der Waals surface area contributed by atoms with E-state index in [0.717, 1.165) is 62.5 Å². The maximum Gasteiger partial charge on any atom is 0.191 e. The molecule has 29 heavy (non-hydrogen) atoms. The van der Waals surface area contributed by atoms with Gasteiger partial charge in [-0.15, -0.1) is 34.2 Å². The average Bonchev–Trinajstić information content (AvgIpc) is 3.04. The minimum Gasteiger partial charge on any atom is -0.497 e. The molecular weight excluding hydrogens is 483 g/mol. The summed E-state index contributed by atoms with van der Waals surface area (Å²) in [5, 5.41) is 15.0. The summed E-state index contributed by atoms with van der Waals surface area (Å²) < 4.78 is 12.5. The number of aryl methyl sites for hydroxylation is 1. The Hall–Kier alpha value is -1.88. The highest BCUT2D eigenvalue weighted by molar-refractivity contribution is 14.0. The Morgan fingerprint density at radius 1 is 1.14 bits per heavy atom. The molecular formula is C20H33IN6O2. The van der Waals surface area contributed by atoms with Gasteiger partial charge in [0.2, 0.25) is 0 Å². The van der Waals surface area contributed by atoms with Gasteiger partial charge in [-0.3, -0.25) is 0 Å². The third-order valence-corrected chi connectivity index (χ3v) is 4.39. The number of methoxy groups -OCH3 is 1. The van der Waals surface area contributed by atoms with E-state index < -0.39 is 0 Å². The molecule has 2 aromatic rings. The number of ether oxygens (including phenoxy) is 2. The summed E-state index contributed by atoms with van der Waals surface area (Å²) in [4.78, 5) is 4.65. The second-order valence-electron chi connectivity index (χ2n) is 6.39. The first-order valence-corrected chi connectivity index (χ1v) is 9.71. The van der Waals surface area contributed by atoms with Gasteiger partial charge < -0.3 is 24.7 Å². The van der Waals surface area contributed by atoms with Gasteiger partial charge in [-0.1, -0.05) is 12.1 Å². The zero-order valence-electron chi connectivity index (χ0n) is 17.8. The van der Waals surface area contributed by atoms with Crippen LogP contribution in [0.4, 0.5) is 0 Å². The molecule has 1 heterocycles. The molecule has 0 atom stereocenters. The molecule has 0 aliphatic carbocycles. The van der Waals surface area contributed by atoms with Crippen LogP contribution in [-0.2, 0) is 24.8 Å².